The second-order valence-corrected chi connectivity index (χ2v) is 7.65. The molecular weight excluding hydrogens is 348 g/mol. The molecule has 1 aromatic carbocycles. The minimum atomic E-state index is -0.0150. The van der Waals surface area contributed by atoms with Crippen LogP contribution in [-0.4, -0.2) is 9.55 Å². The lowest BCUT2D eigenvalue weighted by atomic mass is 10.2. The number of aromatic nitrogens is 2. The topological polar surface area (TPSA) is 34.9 Å². The van der Waals surface area contributed by atoms with Crippen molar-refractivity contribution in [2.24, 2.45) is 0 Å². The van der Waals surface area contributed by atoms with E-state index >= 15 is 0 Å². The molecule has 3 aromatic rings. The van der Waals surface area contributed by atoms with Gasteiger partial charge in [0.15, 0.2) is 5.16 Å². The van der Waals surface area contributed by atoms with Gasteiger partial charge in [-0.2, -0.15) is 0 Å². The Balaban J connectivity index is 2.05. The number of nitrogens with zero attached hydrogens (tertiary/aromatic N) is 2. The highest BCUT2D eigenvalue weighted by atomic mass is 35.5. The number of rotatable bonds is 5. The van der Waals surface area contributed by atoms with Gasteiger partial charge in [0.1, 0.15) is 4.70 Å². The Hall–Kier alpha value is -1.56. The molecule has 1 unspecified atom stereocenters. The number of hydrogen-bond donors (Lipinski definition) is 0. The van der Waals surface area contributed by atoms with E-state index in [1.54, 1.807) is 10.6 Å². The quantitative estimate of drug-likeness (QED) is 0.357. The average Bonchev–Trinajstić information content (AvgIpc) is 3.00. The van der Waals surface area contributed by atoms with Crippen LogP contribution in [0.15, 0.2) is 58.3 Å². The van der Waals surface area contributed by atoms with Crippen molar-refractivity contribution in [2.45, 2.75) is 23.9 Å². The third kappa shape index (κ3) is 3.22. The highest BCUT2D eigenvalue weighted by Gasteiger charge is 2.17. The summed E-state index contributed by atoms with van der Waals surface area (Å²) in [6.45, 7) is 6.25. The smallest absolute Gasteiger partial charge is 0.272 e. The molecule has 3 rings (SSSR count). The maximum absolute atomic E-state index is 12.6. The first kappa shape index (κ1) is 16.3. The van der Waals surface area contributed by atoms with E-state index in [-0.39, 0.29) is 10.8 Å². The fourth-order valence-corrected chi connectivity index (χ4v) is 4.56. The number of hydrogen-bond acceptors (Lipinski definition) is 4. The molecule has 0 fully saturated rings. The third-order valence-electron chi connectivity index (χ3n) is 3.47. The Kier molecular flexibility index (Phi) is 4.90. The third-order valence-corrected chi connectivity index (χ3v) is 5.83. The van der Waals surface area contributed by atoms with Crippen molar-refractivity contribution >= 4 is 44.9 Å². The first-order chi connectivity index (χ1) is 11.1. The van der Waals surface area contributed by atoms with Crippen LogP contribution in [0.2, 0.25) is 5.02 Å². The Bertz CT molecular complexity index is 916. The average molecular weight is 363 g/mol. The number of thioether (sulfide) groups is 1. The van der Waals surface area contributed by atoms with Crippen LogP contribution in [0.3, 0.4) is 0 Å². The van der Waals surface area contributed by atoms with E-state index < -0.39 is 0 Å². The number of thiophene rings is 1. The summed E-state index contributed by atoms with van der Waals surface area (Å²) in [6, 6.07) is 9.63. The van der Waals surface area contributed by atoms with Crippen molar-refractivity contribution in [2.75, 3.05) is 0 Å². The SMILES string of the molecule is C=CCn1c(SC(C)c2ccccc2Cl)nc2ccsc2c1=O. The summed E-state index contributed by atoms with van der Waals surface area (Å²) >= 11 is 9.23. The molecule has 0 saturated heterocycles. The Labute approximate surface area is 147 Å². The van der Waals surface area contributed by atoms with Crippen LogP contribution in [0.1, 0.15) is 17.7 Å². The van der Waals surface area contributed by atoms with Crippen LogP contribution in [-0.2, 0) is 6.54 Å². The van der Waals surface area contributed by atoms with Crippen LogP contribution < -0.4 is 5.56 Å². The van der Waals surface area contributed by atoms with Crippen LogP contribution in [0.4, 0.5) is 0 Å². The van der Waals surface area contributed by atoms with Gasteiger partial charge in [-0.25, -0.2) is 4.98 Å². The van der Waals surface area contributed by atoms with Crippen molar-refractivity contribution < 1.29 is 0 Å². The molecule has 118 valence electrons. The fraction of sp³-hybridized carbons (Fsp3) is 0.176. The van der Waals surface area contributed by atoms with Gasteiger partial charge in [-0.15, -0.1) is 17.9 Å². The van der Waals surface area contributed by atoms with Gasteiger partial charge in [-0.1, -0.05) is 47.6 Å². The van der Waals surface area contributed by atoms with Crippen molar-refractivity contribution in [1.29, 1.82) is 0 Å². The van der Waals surface area contributed by atoms with Crippen molar-refractivity contribution in [3.63, 3.8) is 0 Å². The highest BCUT2D eigenvalue weighted by molar-refractivity contribution is 7.99. The molecule has 0 amide bonds. The molecule has 0 radical (unpaired) electrons. The van der Waals surface area contributed by atoms with Crippen LogP contribution in [0.25, 0.3) is 10.2 Å². The zero-order valence-electron chi connectivity index (χ0n) is 12.5. The van der Waals surface area contributed by atoms with Gasteiger partial charge in [0.25, 0.3) is 5.56 Å². The zero-order valence-corrected chi connectivity index (χ0v) is 14.9. The van der Waals surface area contributed by atoms with Crippen LogP contribution in [0.5, 0.6) is 0 Å². The largest absolute Gasteiger partial charge is 0.282 e. The van der Waals surface area contributed by atoms with E-state index in [0.717, 1.165) is 16.1 Å². The first-order valence-electron chi connectivity index (χ1n) is 7.12. The van der Waals surface area contributed by atoms with Gasteiger partial charge in [0.05, 0.1) is 5.52 Å². The molecule has 6 heteroatoms. The molecule has 2 heterocycles. The summed E-state index contributed by atoms with van der Waals surface area (Å²) in [5.74, 6) is 0. The van der Waals surface area contributed by atoms with E-state index in [2.05, 4.69) is 18.5 Å². The minimum Gasteiger partial charge on any atom is -0.282 e. The molecular formula is C17H15ClN2OS2. The lowest BCUT2D eigenvalue weighted by molar-refractivity contribution is 0.671. The molecule has 0 aliphatic carbocycles. The molecule has 23 heavy (non-hydrogen) atoms. The predicted octanol–water partition coefficient (Wildman–Crippen LogP) is 5.15. The maximum Gasteiger partial charge on any atom is 0.272 e. The summed E-state index contributed by atoms with van der Waals surface area (Å²) in [6.07, 6.45) is 1.72. The van der Waals surface area contributed by atoms with E-state index in [4.69, 9.17) is 11.6 Å². The van der Waals surface area contributed by atoms with E-state index in [1.165, 1.54) is 23.1 Å². The van der Waals surface area contributed by atoms with Gasteiger partial charge in [0.2, 0.25) is 0 Å². The predicted molar refractivity (Wildman–Crippen MR) is 99.8 cm³/mol. The number of allylic oxidation sites excluding steroid dienone is 1. The lowest BCUT2D eigenvalue weighted by Gasteiger charge is -2.16. The molecule has 0 N–H and O–H groups in total. The molecule has 1 atom stereocenters. The Morgan fingerprint density at radius 2 is 2.22 bits per heavy atom. The van der Waals surface area contributed by atoms with Gasteiger partial charge in [0, 0.05) is 16.8 Å². The molecule has 3 nitrogen and oxygen atoms in total. The van der Waals surface area contributed by atoms with Crippen molar-refractivity contribution in [3.05, 3.63) is 69.3 Å². The normalized spacial score (nSPS) is 12.4. The van der Waals surface area contributed by atoms with Gasteiger partial charge in [-0.05, 0) is 30.0 Å². The molecule has 0 saturated carbocycles. The van der Waals surface area contributed by atoms with E-state index in [9.17, 15) is 4.79 Å². The molecule has 0 aliphatic heterocycles. The fourth-order valence-electron chi connectivity index (χ4n) is 2.33. The van der Waals surface area contributed by atoms with Gasteiger partial charge < -0.3 is 0 Å². The van der Waals surface area contributed by atoms with E-state index in [1.807, 2.05) is 35.7 Å². The van der Waals surface area contributed by atoms with Crippen LogP contribution in [0, 0.1) is 0 Å². The molecule has 0 aliphatic rings. The number of fused-ring (bicyclic) bond motifs is 1. The molecule has 0 bridgehead atoms. The molecule has 0 spiro atoms. The highest BCUT2D eigenvalue weighted by Crippen LogP contribution is 2.37. The zero-order chi connectivity index (χ0) is 16.4. The van der Waals surface area contributed by atoms with Crippen molar-refractivity contribution in [3.8, 4) is 0 Å². The van der Waals surface area contributed by atoms with Gasteiger partial charge in [-0.3, -0.25) is 9.36 Å². The van der Waals surface area contributed by atoms with Crippen LogP contribution >= 0.6 is 34.7 Å². The summed E-state index contributed by atoms with van der Waals surface area (Å²) in [7, 11) is 0. The minimum absolute atomic E-state index is 0.0150. The Morgan fingerprint density at radius 1 is 1.43 bits per heavy atom. The second-order valence-electron chi connectivity index (χ2n) is 5.02. The lowest BCUT2D eigenvalue weighted by Crippen LogP contribution is -2.22. The summed E-state index contributed by atoms with van der Waals surface area (Å²) < 4.78 is 2.35. The number of halogens is 1. The number of benzene rings is 1. The van der Waals surface area contributed by atoms with E-state index in [0.29, 0.717) is 16.4 Å². The summed E-state index contributed by atoms with van der Waals surface area (Å²) in [5, 5.41) is 3.39. The standard InChI is InChI=1S/C17H15ClN2OS2/c1-3-9-20-16(21)15-14(8-10-22-15)19-17(20)23-11(2)12-6-4-5-7-13(12)18/h3-8,10-11H,1,9H2,2H3. The molecule has 2 aromatic heterocycles. The summed E-state index contributed by atoms with van der Waals surface area (Å²) in [5.41, 5.74) is 1.76. The summed E-state index contributed by atoms with van der Waals surface area (Å²) in [4.78, 5) is 17.3. The van der Waals surface area contributed by atoms with Crippen molar-refractivity contribution in [1.82, 2.24) is 9.55 Å². The monoisotopic (exact) mass is 362 g/mol. The second kappa shape index (κ2) is 6.91. The van der Waals surface area contributed by atoms with Gasteiger partial charge >= 0.3 is 0 Å². The first-order valence-corrected chi connectivity index (χ1v) is 9.25. The maximum atomic E-state index is 12.6. The Morgan fingerprint density at radius 3 is 2.96 bits per heavy atom.